The molecule has 196 valence electrons. The number of aryl methyl sites for hydroxylation is 1. The Morgan fingerprint density at radius 2 is 2.08 bits per heavy atom. The maximum absolute atomic E-state index is 13.4. The molecular weight excluding hydrogens is 490 g/mol. The van der Waals surface area contributed by atoms with E-state index in [1.54, 1.807) is 10.5 Å². The number of aldehydes is 1. The third kappa shape index (κ3) is 5.05. The lowest BCUT2D eigenvalue weighted by molar-refractivity contribution is -0.117. The first kappa shape index (κ1) is 25.5. The number of anilines is 1. The fourth-order valence-corrected chi connectivity index (χ4v) is 5.52. The van der Waals surface area contributed by atoms with Crippen LogP contribution in [-0.2, 0) is 16.1 Å². The molecule has 1 atom stereocenters. The Kier molecular flexibility index (Phi) is 7.40. The Hall–Kier alpha value is -3.10. The Bertz CT molecular complexity index is 1340. The number of fused-ring (bicyclic) bond motifs is 1. The molecule has 2 aliphatic heterocycles. The molecule has 1 unspecified atom stereocenters. The maximum Gasteiger partial charge on any atom is 0.261 e. The van der Waals surface area contributed by atoms with Crippen LogP contribution in [0.25, 0.3) is 17.0 Å². The van der Waals surface area contributed by atoms with Gasteiger partial charge in [0.1, 0.15) is 12.1 Å². The normalized spacial score (nSPS) is 18.6. The Morgan fingerprint density at radius 3 is 2.76 bits per heavy atom. The summed E-state index contributed by atoms with van der Waals surface area (Å²) in [7, 11) is 0. The third-order valence-corrected chi connectivity index (χ3v) is 7.68. The highest BCUT2D eigenvalue weighted by molar-refractivity contribution is 6.30. The molecule has 1 N–H and O–H groups in total. The summed E-state index contributed by atoms with van der Waals surface area (Å²) >= 11 is 6.08. The number of benzene rings is 1. The van der Waals surface area contributed by atoms with E-state index in [-0.39, 0.29) is 17.1 Å². The van der Waals surface area contributed by atoms with Crippen molar-refractivity contribution >= 4 is 29.5 Å². The quantitative estimate of drug-likeness (QED) is 0.296. The van der Waals surface area contributed by atoms with Crippen LogP contribution in [0.3, 0.4) is 0 Å². The van der Waals surface area contributed by atoms with Gasteiger partial charge >= 0.3 is 0 Å². The predicted octanol–water partition coefficient (Wildman–Crippen LogP) is 4.44. The standard InChI is InChI=1S/C28H34ClN5O3/c1-3-4-5-13-33-25(32-14-6-7-24(32)20(2)31-28(12-15-35)18-37-19-28)16-26(36)34-17-23(30-27(33)34)21-8-10-22(29)11-9-21/h8-11,15-17,24,31H,2-7,12-14,18-19H2,1H3. The number of ether oxygens (including phenoxy) is 1. The summed E-state index contributed by atoms with van der Waals surface area (Å²) in [5, 5.41) is 4.17. The summed E-state index contributed by atoms with van der Waals surface area (Å²) in [5.41, 5.74) is 2.02. The summed E-state index contributed by atoms with van der Waals surface area (Å²) < 4.78 is 9.23. The number of rotatable bonds is 11. The number of halogens is 1. The zero-order chi connectivity index (χ0) is 26.0. The van der Waals surface area contributed by atoms with E-state index in [0.717, 1.165) is 74.3 Å². The van der Waals surface area contributed by atoms with Crippen LogP contribution in [-0.4, -0.2) is 51.6 Å². The van der Waals surface area contributed by atoms with Gasteiger partial charge in [0.2, 0.25) is 5.78 Å². The maximum atomic E-state index is 13.4. The van der Waals surface area contributed by atoms with Crippen LogP contribution in [0.5, 0.6) is 0 Å². The highest BCUT2D eigenvalue weighted by Crippen LogP contribution is 2.32. The van der Waals surface area contributed by atoms with Gasteiger partial charge in [0.25, 0.3) is 5.56 Å². The molecule has 2 aliphatic rings. The molecule has 0 spiro atoms. The predicted molar refractivity (Wildman–Crippen MR) is 146 cm³/mol. The first-order valence-electron chi connectivity index (χ1n) is 13.1. The zero-order valence-corrected chi connectivity index (χ0v) is 22.0. The lowest BCUT2D eigenvalue weighted by Gasteiger charge is -2.44. The average molecular weight is 524 g/mol. The lowest BCUT2D eigenvalue weighted by Crippen LogP contribution is -2.61. The van der Waals surface area contributed by atoms with Crippen LogP contribution in [0.2, 0.25) is 5.02 Å². The van der Waals surface area contributed by atoms with Gasteiger partial charge in [0.05, 0.1) is 30.5 Å². The highest BCUT2D eigenvalue weighted by atomic mass is 35.5. The van der Waals surface area contributed by atoms with Crippen molar-refractivity contribution in [3.8, 4) is 11.3 Å². The number of hydrogen-bond donors (Lipinski definition) is 1. The van der Waals surface area contributed by atoms with E-state index in [9.17, 15) is 9.59 Å². The number of imidazole rings is 1. The molecule has 9 heteroatoms. The highest BCUT2D eigenvalue weighted by Gasteiger charge is 2.41. The number of unbranched alkanes of at least 4 members (excludes halogenated alkanes) is 2. The molecule has 2 saturated heterocycles. The number of hydrogen-bond acceptors (Lipinski definition) is 6. The molecular formula is C28H34ClN5O3. The van der Waals surface area contributed by atoms with Crippen molar-refractivity contribution in [3.63, 3.8) is 0 Å². The number of nitrogens with zero attached hydrogens (tertiary/aromatic N) is 4. The van der Waals surface area contributed by atoms with Gasteiger partial charge in [0.15, 0.2) is 0 Å². The van der Waals surface area contributed by atoms with Gasteiger partial charge in [0, 0.05) is 48.1 Å². The summed E-state index contributed by atoms with van der Waals surface area (Å²) in [6, 6.07) is 9.24. The molecule has 0 amide bonds. The van der Waals surface area contributed by atoms with Crippen LogP contribution in [0.4, 0.5) is 5.82 Å². The van der Waals surface area contributed by atoms with E-state index in [2.05, 4.69) is 28.3 Å². The van der Waals surface area contributed by atoms with Gasteiger partial charge in [-0.3, -0.25) is 13.8 Å². The molecule has 2 aromatic heterocycles. The molecule has 0 saturated carbocycles. The van der Waals surface area contributed by atoms with Crippen molar-refractivity contribution < 1.29 is 9.53 Å². The molecule has 0 aliphatic carbocycles. The second-order valence-electron chi connectivity index (χ2n) is 10.1. The van der Waals surface area contributed by atoms with Gasteiger partial charge in [-0.25, -0.2) is 4.98 Å². The van der Waals surface area contributed by atoms with E-state index < -0.39 is 0 Å². The van der Waals surface area contributed by atoms with Gasteiger partial charge < -0.3 is 19.7 Å². The Morgan fingerprint density at radius 1 is 1.30 bits per heavy atom. The number of carbonyl (C=O) groups is 1. The fraction of sp³-hybridized carbons (Fsp3) is 0.464. The summed E-state index contributed by atoms with van der Waals surface area (Å²) in [6.07, 6.45) is 8.22. The minimum absolute atomic E-state index is 0.00843. The molecule has 1 aromatic carbocycles. The molecule has 2 fully saturated rings. The topological polar surface area (TPSA) is 80.9 Å². The molecule has 4 heterocycles. The molecule has 0 radical (unpaired) electrons. The van der Waals surface area contributed by atoms with Gasteiger partial charge in [-0.15, -0.1) is 0 Å². The SMILES string of the molecule is C=C(NC1(CC=O)COC1)C1CCCN1c1cc(=O)n2cc(-c3ccc(Cl)cc3)nc2n1CCCCC. The van der Waals surface area contributed by atoms with E-state index in [1.165, 1.54) is 0 Å². The van der Waals surface area contributed by atoms with Crippen molar-refractivity contribution in [2.75, 3.05) is 24.7 Å². The van der Waals surface area contributed by atoms with Crippen molar-refractivity contribution in [2.45, 2.75) is 63.6 Å². The molecule has 5 rings (SSSR count). The van der Waals surface area contributed by atoms with E-state index >= 15 is 0 Å². The summed E-state index contributed by atoms with van der Waals surface area (Å²) in [4.78, 5) is 31.8. The largest absolute Gasteiger partial charge is 0.377 e. The van der Waals surface area contributed by atoms with E-state index in [4.69, 9.17) is 21.3 Å². The van der Waals surface area contributed by atoms with Crippen molar-refractivity contribution in [3.05, 3.63) is 64.2 Å². The monoisotopic (exact) mass is 523 g/mol. The van der Waals surface area contributed by atoms with Crippen molar-refractivity contribution in [2.24, 2.45) is 0 Å². The van der Waals surface area contributed by atoms with Crippen LogP contribution in [0, 0.1) is 0 Å². The third-order valence-electron chi connectivity index (χ3n) is 7.43. The molecule has 3 aromatic rings. The van der Waals surface area contributed by atoms with Gasteiger partial charge in [-0.05, 0) is 31.4 Å². The van der Waals surface area contributed by atoms with E-state index in [0.29, 0.717) is 30.4 Å². The number of aromatic nitrogens is 3. The van der Waals surface area contributed by atoms with Crippen LogP contribution in [0.15, 0.2) is 53.6 Å². The molecule has 0 bridgehead atoms. The first-order valence-corrected chi connectivity index (χ1v) is 13.5. The van der Waals surface area contributed by atoms with Crippen LogP contribution in [0.1, 0.15) is 45.4 Å². The van der Waals surface area contributed by atoms with Crippen molar-refractivity contribution in [1.29, 1.82) is 0 Å². The van der Waals surface area contributed by atoms with Gasteiger partial charge in [-0.2, -0.15) is 0 Å². The minimum atomic E-state index is -0.381. The lowest BCUT2D eigenvalue weighted by atomic mass is 9.92. The Labute approximate surface area is 221 Å². The first-order chi connectivity index (χ1) is 17.9. The number of nitrogens with one attached hydrogen (secondary N) is 1. The Balaban J connectivity index is 1.53. The fourth-order valence-electron chi connectivity index (χ4n) is 5.39. The zero-order valence-electron chi connectivity index (χ0n) is 21.3. The number of carbonyl (C=O) groups excluding carboxylic acids is 1. The smallest absolute Gasteiger partial charge is 0.261 e. The molecule has 8 nitrogen and oxygen atoms in total. The van der Waals surface area contributed by atoms with Gasteiger partial charge in [-0.1, -0.05) is 50.1 Å². The molecule has 37 heavy (non-hydrogen) atoms. The summed E-state index contributed by atoms with van der Waals surface area (Å²) in [6.45, 7) is 9.10. The summed E-state index contributed by atoms with van der Waals surface area (Å²) in [5.74, 6) is 1.50. The second kappa shape index (κ2) is 10.7. The average Bonchev–Trinajstić information content (AvgIpc) is 3.53. The van der Waals surface area contributed by atoms with Crippen LogP contribution >= 0.6 is 11.6 Å². The minimum Gasteiger partial charge on any atom is -0.377 e. The second-order valence-corrected chi connectivity index (χ2v) is 10.6. The van der Waals surface area contributed by atoms with Crippen LogP contribution < -0.4 is 15.8 Å². The van der Waals surface area contributed by atoms with E-state index in [1.807, 2.05) is 30.5 Å². The van der Waals surface area contributed by atoms with Crippen molar-refractivity contribution in [1.82, 2.24) is 19.3 Å².